The first-order valence-corrected chi connectivity index (χ1v) is 6.41. The smallest absolute Gasteiger partial charge is 0.131 e. The van der Waals surface area contributed by atoms with Crippen molar-refractivity contribution in [1.29, 1.82) is 5.26 Å². The van der Waals surface area contributed by atoms with Crippen molar-refractivity contribution in [1.82, 2.24) is 5.32 Å². The van der Waals surface area contributed by atoms with Crippen LogP contribution in [0, 0.1) is 11.3 Å². The summed E-state index contributed by atoms with van der Waals surface area (Å²) >= 11 is 0. The van der Waals surface area contributed by atoms with E-state index >= 15 is 0 Å². The van der Waals surface area contributed by atoms with Crippen molar-refractivity contribution >= 4 is 5.76 Å². The summed E-state index contributed by atoms with van der Waals surface area (Å²) in [6.07, 6.45) is 1.98. The van der Waals surface area contributed by atoms with Gasteiger partial charge in [0.2, 0.25) is 0 Å². The maximum atomic E-state index is 8.92. The molecule has 2 rings (SSSR count). The average Bonchev–Trinajstić information content (AvgIpc) is 2.52. The van der Waals surface area contributed by atoms with Crippen LogP contribution in [-0.2, 0) is 0 Å². The van der Waals surface area contributed by atoms with Crippen molar-refractivity contribution in [3.63, 3.8) is 0 Å². The molecule has 100 valence electrons. The van der Waals surface area contributed by atoms with Gasteiger partial charge in [-0.3, -0.25) is 0 Å². The van der Waals surface area contributed by atoms with E-state index in [0.717, 1.165) is 11.3 Å². The Labute approximate surface area is 119 Å². The zero-order valence-corrected chi connectivity index (χ0v) is 11.3. The topological polar surface area (TPSA) is 45.0 Å². The Hall–Kier alpha value is -2.57. The van der Waals surface area contributed by atoms with E-state index in [1.54, 1.807) is 12.1 Å². The summed E-state index contributed by atoms with van der Waals surface area (Å²) in [7, 11) is 1.88. The van der Waals surface area contributed by atoms with Crippen molar-refractivity contribution in [2.24, 2.45) is 0 Å². The molecule has 0 bridgehead atoms. The molecule has 0 heterocycles. The van der Waals surface area contributed by atoms with E-state index in [2.05, 4.69) is 11.4 Å². The molecule has 0 aromatic heterocycles. The molecule has 0 aliphatic carbocycles. The van der Waals surface area contributed by atoms with Gasteiger partial charge < -0.3 is 10.1 Å². The molecule has 3 nitrogen and oxygen atoms in total. The van der Waals surface area contributed by atoms with Crippen LogP contribution in [0.1, 0.15) is 11.1 Å². The van der Waals surface area contributed by atoms with E-state index in [1.165, 1.54) is 0 Å². The molecule has 3 heteroatoms. The number of rotatable bonds is 5. The molecule has 0 amide bonds. The molecule has 0 fully saturated rings. The van der Waals surface area contributed by atoms with Gasteiger partial charge in [-0.2, -0.15) is 5.26 Å². The molecule has 0 saturated heterocycles. The molecule has 0 saturated carbocycles. The highest BCUT2D eigenvalue weighted by Gasteiger charge is 2.04. The monoisotopic (exact) mass is 264 g/mol. The van der Waals surface area contributed by atoms with Crippen molar-refractivity contribution in [2.75, 3.05) is 13.6 Å². The number of nitrogens with one attached hydrogen (secondary N) is 1. The minimum Gasteiger partial charge on any atom is -0.457 e. The van der Waals surface area contributed by atoms with Gasteiger partial charge in [-0.15, -0.1) is 0 Å². The zero-order valence-electron chi connectivity index (χ0n) is 11.3. The predicted molar refractivity (Wildman–Crippen MR) is 80.1 cm³/mol. The molecule has 1 N–H and O–H groups in total. The summed E-state index contributed by atoms with van der Waals surface area (Å²) in [5, 5.41) is 12.0. The summed E-state index contributed by atoms with van der Waals surface area (Å²) in [5.74, 6) is 1.44. The molecule has 2 aromatic rings. The van der Waals surface area contributed by atoms with Gasteiger partial charge >= 0.3 is 0 Å². The third-order valence-electron chi connectivity index (χ3n) is 2.74. The van der Waals surface area contributed by atoms with Crippen LogP contribution in [0.3, 0.4) is 0 Å². The SMILES string of the molecule is CNC/C=C(/Oc1cccc(C#N)c1)c1ccccc1. The standard InChI is InChI=1S/C17H16N2O/c1-19-11-10-17(15-7-3-2-4-8-15)20-16-9-5-6-14(12-16)13-18/h2-10,12,19H,11H2,1H3/b17-10+. The summed E-state index contributed by atoms with van der Waals surface area (Å²) in [6, 6.07) is 19.2. The lowest BCUT2D eigenvalue weighted by molar-refractivity contribution is 0.512. The number of nitriles is 1. The highest BCUT2D eigenvalue weighted by Crippen LogP contribution is 2.21. The van der Waals surface area contributed by atoms with Crippen molar-refractivity contribution in [3.8, 4) is 11.8 Å². The first-order chi connectivity index (χ1) is 9.83. The first kappa shape index (κ1) is 13.9. The third kappa shape index (κ3) is 3.71. The van der Waals surface area contributed by atoms with Gasteiger partial charge in [-0.1, -0.05) is 36.4 Å². The minimum atomic E-state index is 0.587. The van der Waals surface area contributed by atoms with Crippen LogP contribution < -0.4 is 10.1 Å². The fourth-order valence-electron chi connectivity index (χ4n) is 1.77. The maximum absolute atomic E-state index is 8.92. The second kappa shape index (κ2) is 7.13. The van der Waals surface area contributed by atoms with Crippen LogP contribution >= 0.6 is 0 Å². The number of hydrogen-bond acceptors (Lipinski definition) is 3. The van der Waals surface area contributed by atoms with Crippen LogP contribution in [0.15, 0.2) is 60.7 Å². The van der Waals surface area contributed by atoms with E-state index in [1.807, 2.05) is 55.6 Å². The molecule has 0 radical (unpaired) electrons. The second-order valence-electron chi connectivity index (χ2n) is 4.23. The Kier molecular flexibility index (Phi) is 4.94. The third-order valence-corrected chi connectivity index (χ3v) is 2.74. The van der Waals surface area contributed by atoms with Crippen molar-refractivity contribution < 1.29 is 4.74 Å². The molecule has 2 aromatic carbocycles. The lowest BCUT2D eigenvalue weighted by atomic mass is 10.1. The number of ether oxygens (including phenoxy) is 1. The summed E-state index contributed by atoms with van der Waals surface area (Å²) in [5.41, 5.74) is 1.59. The fourth-order valence-corrected chi connectivity index (χ4v) is 1.77. The number of nitrogens with zero attached hydrogens (tertiary/aromatic N) is 1. The molecular weight excluding hydrogens is 248 g/mol. The number of likely N-dealkylation sites (N-methyl/N-ethyl adjacent to an activating group) is 1. The van der Waals surface area contributed by atoms with Crippen LogP contribution in [0.25, 0.3) is 5.76 Å². The Morgan fingerprint density at radius 3 is 2.70 bits per heavy atom. The summed E-state index contributed by atoms with van der Waals surface area (Å²) < 4.78 is 5.92. The van der Waals surface area contributed by atoms with Crippen LogP contribution in [-0.4, -0.2) is 13.6 Å². The van der Waals surface area contributed by atoms with E-state index in [-0.39, 0.29) is 0 Å². The average molecular weight is 264 g/mol. The van der Waals surface area contributed by atoms with Crippen molar-refractivity contribution in [2.45, 2.75) is 0 Å². The van der Waals surface area contributed by atoms with Crippen LogP contribution in [0.2, 0.25) is 0 Å². The van der Waals surface area contributed by atoms with Crippen LogP contribution in [0.4, 0.5) is 0 Å². The lowest BCUT2D eigenvalue weighted by Crippen LogP contribution is -2.07. The zero-order chi connectivity index (χ0) is 14.2. The first-order valence-electron chi connectivity index (χ1n) is 6.41. The molecule has 0 spiro atoms. The Morgan fingerprint density at radius 2 is 2.00 bits per heavy atom. The fraction of sp³-hybridized carbons (Fsp3) is 0.118. The lowest BCUT2D eigenvalue weighted by Gasteiger charge is -2.11. The Balaban J connectivity index is 2.27. The molecule has 0 unspecified atom stereocenters. The number of hydrogen-bond donors (Lipinski definition) is 1. The second-order valence-corrected chi connectivity index (χ2v) is 4.23. The molecular formula is C17H16N2O. The highest BCUT2D eigenvalue weighted by atomic mass is 16.5. The van der Waals surface area contributed by atoms with Gasteiger partial charge in [-0.25, -0.2) is 0 Å². The Morgan fingerprint density at radius 1 is 1.20 bits per heavy atom. The normalized spacial score (nSPS) is 10.9. The van der Waals surface area contributed by atoms with Gasteiger partial charge in [0.1, 0.15) is 11.5 Å². The van der Waals surface area contributed by atoms with Crippen molar-refractivity contribution in [3.05, 3.63) is 71.8 Å². The van der Waals surface area contributed by atoms with E-state index < -0.39 is 0 Å². The Bertz CT molecular complexity index is 627. The van der Waals surface area contributed by atoms with Gasteiger partial charge in [-0.05, 0) is 31.3 Å². The quantitative estimate of drug-likeness (QED) is 0.843. The molecule has 0 atom stereocenters. The van der Waals surface area contributed by atoms with Gasteiger partial charge in [0.05, 0.1) is 11.6 Å². The van der Waals surface area contributed by atoms with Gasteiger partial charge in [0, 0.05) is 12.1 Å². The minimum absolute atomic E-state index is 0.587. The molecule has 0 aliphatic heterocycles. The molecule has 0 aliphatic rings. The number of benzene rings is 2. The van der Waals surface area contributed by atoms with E-state index in [9.17, 15) is 0 Å². The van der Waals surface area contributed by atoms with E-state index in [0.29, 0.717) is 17.9 Å². The van der Waals surface area contributed by atoms with Crippen LogP contribution in [0.5, 0.6) is 5.75 Å². The van der Waals surface area contributed by atoms with E-state index in [4.69, 9.17) is 10.00 Å². The summed E-state index contributed by atoms with van der Waals surface area (Å²) in [4.78, 5) is 0. The predicted octanol–water partition coefficient (Wildman–Crippen LogP) is 3.20. The largest absolute Gasteiger partial charge is 0.457 e. The van der Waals surface area contributed by atoms with Gasteiger partial charge in [0.25, 0.3) is 0 Å². The van der Waals surface area contributed by atoms with Gasteiger partial charge in [0.15, 0.2) is 0 Å². The maximum Gasteiger partial charge on any atom is 0.131 e. The highest BCUT2D eigenvalue weighted by molar-refractivity contribution is 5.62. The molecule has 20 heavy (non-hydrogen) atoms. The summed E-state index contributed by atoms with van der Waals surface area (Å²) in [6.45, 7) is 0.710.